The molecule has 0 saturated carbocycles. The number of nitrogens with zero attached hydrogens (tertiary/aromatic N) is 1. The average molecular weight is 371 g/mol. The number of carbonyl (C=O) groups excluding carboxylic acids is 2. The van der Waals surface area contributed by atoms with Gasteiger partial charge in [-0.05, 0) is 37.8 Å². The van der Waals surface area contributed by atoms with Gasteiger partial charge in [0, 0.05) is 12.5 Å². The maximum absolute atomic E-state index is 12.7. The van der Waals surface area contributed by atoms with E-state index in [1.165, 1.54) is 0 Å². The fourth-order valence-corrected chi connectivity index (χ4v) is 4.65. The molecular formula is C19H21N3O3S. The molecule has 1 aliphatic carbocycles. The fourth-order valence-electron chi connectivity index (χ4n) is 3.51. The number of fused-ring (bicyclic) bond motifs is 1. The van der Waals surface area contributed by atoms with Crippen molar-refractivity contribution in [1.82, 2.24) is 15.8 Å². The quantitative estimate of drug-likeness (QED) is 0.642. The van der Waals surface area contributed by atoms with Gasteiger partial charge in [0.25, 0.3) is 5.91 Å². The van der Waals surface area contributed by atoms with Crippen LogP contribution in [0, 0.1) is 5.92 Å². The number of amides is 2. The van der Waals surface area contributed by atoms with E-state index in [1.807, 2.05) is 30.3 Å². The van der Waals surface area contributed by atoms with Crippen LogP contribution in [-0.2, 0) is 14.3 Å². The highest BCUT2D eigenvalue weighted by Crippen LogP contribution is 2.38. The second kappa shape index (κ2) is 7.55. The predicted octanol–water partition coefficient (Wildman–Crippen LogP) is 2.67. The van der Waals surface area contributed by atoms with E-state index in [1.54, 1.807) is 11.3 Å². The average Bonchev–Trinajstić information content (AvgIpc) is 3.35. The first kappa shape index (κ1) is 17.2. The van der Waals surface area contributed by atoms with Gasteiger partial charge >= 0.3 is 0 Å². The van der Waals surface area contributed by atoms with Crippen LogP contribution in [-0.4, -0.2) is 29.5 Å². The van der Waals surface area contributed by atoms with Crippen LogP contribution in [0.25, 0.3) is 10.2 Å². The summed E-state index contributed by atoms with van der Waals surface area (Å²) in [6, 6.07) is 8.00. The van der Waals surface area contributed by atoms with Gasteiger partial charge in [-0.25, -0.2) is 4.98 Å². The fraction of sp³-hybridized carbons (Fsp3) is 0.421. The molecule has 6 nitrogen and oxygen atoms in total. The molecule has 0 radical (unpaired) electrons. The molecule has 0 spiro atoms. The topological polar surface area (TPSA) is 80.3 Å². The minimum Gasteiger partial charge on any atom is -0.368 e. The van der Waals surface area contributed by atoms with E-state index in [-0.39, 0.29) is 23.7 Å². The first-order valence-electron chi connectivity index (χ1n) is 8.94. The number of nitrogens with one attached hydrogen (secondary N) is 2. The Morgan fingerprint density at radius 3 is 2.73 bits per heavy atom. The van der Waals surface area contributed by atoms with Crippen molar-refractivity contribution in [3.05, 3.63) is 41.4 Å². The van der Waals surface area contributed by atoms with E-state index < -0.39 is 6.10 Å². The van der Waals surface area contributed by atoms with E-state index in [0.717, 1.165) is 28.1 Å². The number of aromatic nitrogens is 1. The standard InChI is InChI=1S/C19H21N3O3S/c23-17(21-22-18(24)15-9-5-11-25-15)12-6-1-2-7-13(12)19-20-14-8-3-4-10-16(14)26-19/h1-4,8,10,12-13,15H,5-7,9,11H2,(H,21,23)(H,22,24)/t12-,13-,15+/m1/s1. The Labute approximate surface area is 155 Å². The van der Waals surface area contributed by atoms with Crippen molar-refractivity contribution in [2.75, 3.05) is 6.61 Å². The molecule has 2 aliphatic rings. The molecule has 2 amide bonds. The predicted molar refractivity (Wildman–Crippen MR) is 99.5 cm³/mol. The lowest BCUT2D eigenvalue weighted by atomic mass is 9.83. The Kier molecular flexibility index (Phi) is 4.99. The van der Waals surface area contributed by atoms with Gasteiger partial charge in [-0.3, -0.25) is 20.4 Å². The number of ether oxygens (including phenoxy) is 1. The highest BCUT2D eigenvalue weighted by atomic mass is 32.1. The summed E-state index contributed by atoms with van der Waals surface area (Å²) in [4.78, 5) is 29.4. The highest BCUT2D eigenvalue weighted by Gasteiger charge is 2.33. The molecule has 26 heavy (non-hydrogen) atoms. The summed E-state index contributed by atoms with van der Waals surface area (Å²) in [7, 11) is 0. The van der Waals surface area contributed by atoms with E-state index in [9.17, 15) is 9.59 Å². The zero-order valence-electron chi connectivity index (χ0n) is 14.3. The Hall–Kier alpha value is -2.25. The Bertz CT molecular complexity index is 808. The van der Waals surface area contributed by atoms with Gasteiger partial charge in [0.1, 0.15) is 6.10 Å². The zero-order chi connectivity index (χ0) is 17.9. The lowest BCUT2D eigenvalue weighted by Gasteiger charge is -2.26. The Balaban J connectivity index is 1.45. The van der Waals surface area contributed by atoms with Gasteiger partial charge in [-0.1, -0.05) is 24.3 Å². The first-order valence-corrected chi connectivity index (χ1v) is 9.76. The number of para-hydroxylation sites is 1. The van der Waals surface area contributed by atoms with E-state index in [2.05, 4.69) is 16.9 Å². The molecule has 7 heteroatoms. The van der Waals surface area contributed by atoms with E-state index in [4.69, 9.17) is 9.72 Å². The van der Waals surface area contributed by atoms with Crippen molar-refractivity contribution in [2.24, 2.45) is 5.92 Å². The third kappa shape index (κ3) is 3.50. The summed E-state index contributed by atoms with van der Waals surface area (Å²) < 4.78 is 6.46. The maximum Gasteiger partial charge on any atom is 0.267 e. The van der Waals surface area contributed by atoms with Crippen LogP contribution in [0.1, 0.15) is 36.6 Å². The van der Waals surface area contributed by atoms with Gasteiger partial charge in [0.15, 0.2) is 0 Å². The number of allylic oxidation sites excluding steroid dienone is 2. The van der Waals surface area contributed by atoms with Crippen LogP contribution in [0.15, 0.2) is 36.4 Å². The molecule has 1 fully saturated rings. The molecule has 2 N–H and O–H groups in total. The van der Waals surface area contributed by atoms with Crippen molar-refractivity contribution in [1.29, 1.82) is 0 Å². The smallest absolute Gasteiger partial charge is 0.267 e. The summed E-state index contributed by atoms with van der Waals surface area (Å²) in [6.07, 6.45) is 6.66. The SMILES string of the molecule is O=C(NNC(=O)[C@@H]1CC=CC[C@H]1c1nc2ccccc2s1)[C@@H]1CCCO1. The minimum absolute atomic E-state index is 0.0250. The molecule has 1 aliphatic heterocycles. The molecule has 1 aromatic carbocycles. The molecule has 0 unspecified atom stereocenters. The summed E-state index contributed by atoms with van der Waals surface area (Å²) in [5.74, 6) is -0.675. The summed E-state index contributed by atoms with van der Waals surface area (Å²) in [5.41, 5.74) is 6.07. The number of carbonyl (C=O) groups is 2. The number of thiazole rings is 1. The van der Waals surface area contributed by atoms with Crippen LogP contribution in [0.5, 0.6) is 0 Å². The van der Waals surface area contributed by atoms with E-state index in [0.29, 0.717) is 19.4 Å². The molecule has 3 atom stereocenters. The van der Waals surface area contributed by atoms with Crippen LogP contribution in [0.4, 0.5) is 0 Å². The van der Waals surface area contributed by atoms with Crippen LogP contribution in [0.3, 0.4) is 0 Å². The van der Waals surface area contributed by atoms with Crippen molar-refractivity contribution in [3.8, 4) is 0 Å². The molecule has 136 valence electrons. The third-order valence-electron chi connectivity index (χ3n) is 4.93. The van der Waals surface area contributed by atoms with Crippen LogP contribution in [0.2, 0.25) is 0 Å². The summed E-state index contributed by atoms with van der Waals surface area (Å²) in [6.45, 7) is 0.596. The number of hydrogen-bond donors (Lipinski definition) is 2. The van der Waals surface area contributed by atoms with Crippen molar-refractivity contribution in [2.45, 2.75) is 37.7 Å². The lowest BCUT2D eigenvalue weighted by Crippen LogP contribution is -2.49. The van der Waals surface area contributed by atoms with Gasteiger partial charge in [0.2, 0.25) is 5.91 Å². The van der Waals surface area contributed by atoms with Gasteiger partial charge in [-0.2, -0.15) is 0 Å². The van der Waals surface area contributed by atoms with Crippen molar-refractivity contribution >= 4 is 33.4 Å². The van der Waals surface area contributed by atoms with Crippen LogP contribution < -0.4 is 10.9 Å². The van der Waals surface area contributed by atoms with Gasteiger partial charge in [0.05, 0.1) is 21.1 Å². The van der Waals surface area contributed by atoms with Crippen molar-refractivity contribution in [3.63, 3.8) is 0 Å². The minimum atomic E-state index is -0.457. The van der Waals surface area contributed by atoms with Crippen LogP contribution >= 0.6 is 11.3 Å². The monoisotopic (exact) mass is 371 g/mol. The molecule has 2 aromatic rings. The largest absolute Gasteiger partial charge is 0.368 e. The maximum atomic E-state index is 12.7. The molecular weight excluding hydrogens is 350 g/mol. The number of rotatable bonds is 3. The highest BCUT2D eigenvalue weighted by molar-refractivity contribution is 7.18. The number of hydrazine groups is 1. The molecule has 1 aromatic heterocycles. The second-order valence-corrected chi connectivity index (χ2v) is 7.72. The van der Waals surface area contributed by atoms with Gasteiger partial charge < -0.3 is 4.74 Å². The first-order chi connectivity index (χ1) is 12.7. The summed E-state index contributed by atoms with van der Waals surface area (Å²) >= 11 is 1.64. The number of hydrogen-bond acceptors (Lipinski definition) is 5. The summed E-state index contributed by atoms with van der Waals surface area (Å²) in [5, 5.41) is 0.973. The van der Waals surface area contributed by atoms with E-state index >= 15 is 0 Å². The Morgan fingerprint density at radius 1 is 1.12 bits per heavy atom. The molecule has 0 bridgehead atoms. The number of benzene rings is 1. The van der Waals surface area contributed by atoms with Crippen molar-refractivity contribution < 1.29 is 14.3 Å². The molecule has 2 heterocycles. The molecule has 1 saturated heterocycles. The second-order valence-electron chi connectivity index (χ2n) is 6.66. The zero-order valence-corrected chi connectivity index (χ0v) is 15.1. The van der Waals surface area contributed by atoms with Gasteiger partial charge in [-0.15, -0.1) is 11.3 Å². The lowest BCUT2D eigenvalue weighted by molar-refractivity contribution is -0.136. The normalized spacial score (nSPS) is 25.3. The molecule has 4 rings (SSSR count). The third-order valence-corrected chi connectivity index (χ3v) is 6.10. The Morgan fingerprint density at radius 2 is 1.92 bits per heavy atom.